The third kappa shape index (κ3) is 3.27. The van der Waals surface area contributed by atoms with Crippen molar-refractivity contribution in [2.75, 3.05) is 6.54 Å². The van der Waals surface area contributed by atoms with Crippen LogP contribution in [0.15, 0.2) is 24.3 Å². The van der Waals surface area contributed by atoms with Crippen LogP contribution in [0.4, 0.5) is 0 Å². The highest BCUT2D eigenvalue weighted by atomic mass is 14.8. The Kier molecular flexibility index (Phi) is 4.34. The van der Waals surface area contributed by atoms with E-state index in [0.29, 0.717) is 0 Å². The largest absolute Gasteiger partial charge is 0.313 e. The van der Waals surface area contributed by atoms with Gasteiger partial charge in [-0.05, 0) is 42.0 Å². The molecule has 1 N–H and O–H groups in total. The Morgan fingerprint density at radius 2 is 2.00 bits per heavy atom. The van der Waals surface area contributed by atoms with Gasteiger partial charge in [0.2, 0.25) is 0 Å². The number of benzene rings is 1. The molecule has 1 nitrogen and oxygen atoms in total. The highest BCUT2D eigenvalue weighted by Crippen LogP contribution is 2.26. The predicted octanol–water partition coefficient (Wildman–Crippen LogP) is 4.32. The van der Waals surface area contributed by atoms with Crippen LogP contribution in [-0.2, 0) is 13.0 Å². The lowest BCUT2D eigenvalue weighted by molar-refractivity contribution is 0.334. The molecule has 2 aliphatic carbocycles. The van der Waals surface area contributed by atoms with Crippen molar-refractivity contribution in [2.45, 2.75) is 51.5 Å². The van der Waals surface area contributed by atoms with Crippen LogP contribution in [0.5, 0.6) is 0 Å². The van der Waals surface area contributed by atoms with Crippen molar-refractivity contribution < 1.29 is 0 Å². The first-order chi connectivity index (χ1) is 9.43. The molecule has 0 heterocycles. The second-order valence-electron chi connectivity index (χ2n) is 6.06. The molecule has 0 spiro atoms. The van der Waals surface area contributed by atoms with Gasteiger partial charge in [-0.15, -0.1) is 0 Å². The lowest BCUT2D eigenvalue weighted by Gasteiger charge is -2.21. The minimum Gasteiger partial charge on any atom is -0.313 e. The average molecular weight is 255 g/mol. The first kappa shape index (κ1) is 12.9. The standard InChI is InChI=1S/C18H25N/c1-2-6-15(7-3-1)12-13-19-14-17-10-4-8-16-9-5-11-18(16)17/h4-5,8-10,15,19H,1-3,6-7,11-14H2. The van der Waals surface area contributed by atoms with E-state index < -0.39 is 0 Å². The molecule has 3 rings (SSSR count). The van der Waals surface area contributed by atoms with Gasteiger partial charge in [0, 0.05) is 6.54 Å². The molecule has 0 bridgehead atoms. The van der Waals surface area contributed by atoms with Crippen molar-refractivity contribution in [3.05, 3.63) is 41.0 Å². The van der Waals surface area contributed by atoms with Crippen molar-refractivity contribution in [1.29, 1.82) is 0 Å². The Balaban J connectivity index is 1.44. The summed E-state index contributed by atoms with van der Waals surface area (Å²) in [5, 5.41) is 3.65. The minimum atomic E-state index is 0.990. The maximum Gasteiger partial charge on any atom is 0.0208 e. The molecule has 0 atom stereocenters. The molecule has 0 radical (unpaired) electrons. The summed E-state index contributed by atoms with van der Waals surface area (Å²) in [6.45, 7) is 2.22. The summed E-state index contributed by atoms with van der Waals surface area (Å²) in [5.41, 5.74) is 4.45. The van der Waals surface area contributed by atoms with E-state index in [9.17, 15) is 0 Å². The molecule has 0 amide bonds. The van der Waals surface area contributed by atoms with Crippen molar-refractivity contribution in [3.63, 3.8) is 0 Å². The van der Waals surface area contributed by atoms with E-state index in [1.807, 2.05) is 0 Å². The second-order valence-corrected chi connectivity index (χ2v) is 6.06. The van der Waals surface area contributed by atoms with Crippen LogP contribution in [0.3, 0.4) is 0 Å². The summed E-state index contributed by atoms with van der Waals surface area (Å²) < 4.78 is 0. The lowest BCUT2D eigenvalue weighted by Crippen LogP contribution is -2.19. The Morgan fingerprint density at radius 1 is 1.11 bits per heavy atom. The van der Waals surface area contributed by atoms with Gasteiger partial charge in [0.15, 0.2) is 0 Å². The van der Waals surface area contributed by atoms with Gasteiger partial charge in [-0.1, -0.05) is 62.5 Å². The molecule has 1 aromatic rings. The number of nitrogens with one attached hydrogen (secondary N) is 1. The number of hydrogen-bond acceptors (Lipinski definition) is 1. The van der Waals surface area contributed by atoms with E-state index in [1.165, 1.54) is 61.8 Å². The Morgan fingerprint density at radius 3 is 2.89 bits per heavy atom. The van der Waals surface area contributed by atoms with E-state index in [1.54, 1.807) is 0 Å². The summed E-state index contributed by atoms with van der Waals surface area (Å²) in [7, 11) is 0. The van der Waals surface area contributed by atoms with Gasteiger partial charge in [-0.25, -0.2) is 0 Å². The first-order valence-corrected chi connectivity index (χ1v) is 7.91. The molecule has 0 aliphatic heterocycles. The highest BCUT2D eigenvalue weighted by molar-refractivity contribution is 5.61. The SMILES string of the molecule is C1=Cc2cccc(CNCCC3CCCCC3)c2C1. The quantitative estimate of drug-likeness (QED) is 0.773. The molecule has 102 valence electrons. The molecule has 0 saturated heterocycles. The van der Waals surface area contributed by atoms with Crippen LogP contribution < -0.4 is 5.32 Å². The fourth-order valence-electron chi connectivity index (χ4n) is 3.53. The molecule has 1 aromatic carbocycles. The molecule has 0 aromatic heterocycles. The fourth-order valence-corrected chi connectivity index (χ4v) is 3.53. The summed E-state index contributed by atoms with van der Waals surface area (Å²) in [6, 6.07) is 6.69. The topological polar surface area (TPSA) is 12.0 Å². The van der Waals surface area contributed by atoms with Gasteiger partial charge in [0.1, 0.15) is 0 Å². The van der Waals surface area contributed by atoms with Crippen molar-refractivity contribution in [2.24, 2.45) is 5.92 Å². The van der Waals surface area contributed by atoms with Crippen molar-refractivity contribution in [3.8, 4) is 0 Å². The van der Waals surface area contributed by atoms with Crippen molar-refractivity contribution >= 4 is 6.08 Å². The summed E-state index contributed by atoms with van der Waals surface area (Å²) in [4.78, 5) is 0. The normalized spacial score (nSPS) is 18.7. The molecular formula is C18H25N. The number of rotatable bonds is 5. The summed E-state index contributed by atoms with van der Waals surface area (Å²) in [5.74, 6) is 0.990. The summed E-state index contributed by atoms with van der Waals surface area (Å²) >= 11 is 0. The van der Waals surface area contributed by atoms with Crippen LogP contribution in [0.2, 0.25) is 0 Å². The van der Waals surface area contributed by atoms with Gasteiger partial charge < -0.3 is 5.32 Å². The zero-order chi connectivity index (χ0) is 12.9. The molecule has 0 unspecified atom stereocenters. The second kappa shape index (κ2) is 6.38. The molecule has 1 saturated carbocycles. The predicted molar refractivity (Wildman–Crippen MR) is 82.1 cm³/mol. The number of fused-ring (bicyclic) bond motifs is 1. The number of hydrogen-bond donors (Lipinski definition) is 1. The maximum atomic E-state index is 3.65. The molecule has 19 heavy (non-hydrogen) atoms. The van der Waals surface area contributed by atoms with E-state index in [2.05, 4.69) is 35.7 Å². The monoisotopic (exact) mass is 255 g/mol. The van der Waals surface area contributed by atoms with E-state index in [4.69, 9.17) is 0 Å². The van der Waals surface area contributed by atoms with Gasteiger partial charge in [-0.3, -0.25) is 0 Å². The van der Waals surface area contributed by atoms with E-state index in [-0.39, 0.29) is 0 Å². The summed E-state index contributed by atoms with van der Waals surface area (Å²) in [6.07, 6.45) is 14.3. The van der Waals surface area contributed by atoms with Gasteiger partial charge >= 0.3 is 0 Å². The van der Waals surface area contributed by atoms with Crippen LogP contribution >= 0.6 is 0 Å². The lowest BCUT2D eigenvalue weighted by atomic mass is 9.87. The zero-order valence-electron chi connectivity index (χ0n) is 11.8. The maximum absolute atomic E-state index is 3.65. The molecule has 2 aliphatic rings. The zero-order valence-corrected chi connectivity index (χ0v) is 11.8. The van der Waals surface area contributed by atoms with Crippen LogP contribution in [0.1, 0.15) is 55.2 Å². The van der Waals surface area contributed by atoms with Gasteiger partial charge in [0.25, 0.3) is 0 Å². The molecular weight excluding hydrogens is 230 g/mol. The van der Waals surface area contributed by atoms with Crippen LogP contribution in [0, 0.1) is 5.92 Å². The third-order valence-corrected chi connectivity index (χ3v) is 4.70. The molecule has 1 heteroatoms. The van der Waals surface area contributed by atoms with Crippen LogP contribution in [-0.4, -0.2) is 6.54 Å². The van der Waals surface area contributed by atoms with Gasteiger partial charge in [0.05, 0.1) is 0 Å². The smallest absolute Gasteiger partial charge is 0.0208 e. The highest BCUT2D eigenvalue weighted by Gasteiger charge is 2.13. The third-order valence-electron chi connectivity index (χ3n) is 4.70. The van der Waals surface area contributed by atoms with E-state index >= 15 is 0 Å². The number of allylic oxidation sites excluding steroid dienone is 1. The Hall–Kier alpha value is -1.08. The minimum absolute atomic E-state index is 0.990. The average Bonchev–Trinajstić information content (AvgIpc) is 2.94. The first-order valence-electron chi connectivity index (χ1n) is 7.91. The van der Waals surface area contributed by atoms with Crippen LogP contribution in [0.25, 0.3) is 6.08 Å². The Bertz CT molecular complexity index is 441. The molecule has 1 fully saturated rings. The Labute approximate surface area is 117 Å². The van der Waals surface area contributed by atoms with Gasteiger partial charge in [-0.2, -0.15) is 0 Å². The fraction of sp³-hybridized carbons (Fsp3) is 0.556. The van der Waals surface area contributed by atoms with Crippen molar-refractivity contribution in [1.82, 2.24) is 5.32 Å². The van der Waals surface area contributed by atoms with E-state index in [0.717, 1.165) is 18.9 Å².